The van der Waals surface area contributed by atoms with Gasteiger partial charge in [-0.05, 0) is 50.9 Å². The second kappa shape index (κ2) is 8.12. The predicted octanol–water partition coefficient (Wildman–Crippen LogP) is 3.66. The smallest absolute Gasteiger partial charge is 0.0924 e. The van der Waals surface area contributed by atoms with E-state index in [0.717, 1.165) is 54.8 Å². The number of allylic oxidation sites excluding steroid dienone is 2. The van der Waals surface area contributed by atoms with E-state index in [1.807, 2.05) is 23.2 Å². The molecule has 1 aromatic carbocycles. The second-order valence-corrected chi connectivity index (χ2v) is 8.79. The zero-order valence-corrected chi connectivity index (χ0v) is 18.0. The number of benzene rings is 1. The van der Waals surface area contributed by atoms with Crippen LogP contribution in [0.3, 0.4) is 0 Å². The maximum atomic E-state index is 8.66. The first-order valence-corrected chi connectivity index (χ1v) is 10.9. The number of nitrogens with zero attached hydrogens (tertiary/aromatic N) is 7. The third kappa shape index (κ3) is 3.91. The van der Waals surface area contributed by atoms with E-state index in [9.17, 15) is 0 Å². The molecule has 5 rings (SSSR count). The molecule has 1 aliphatic carbocycles. The van der Waals surface area contributed by atoms with Gasteiger partial charge in [-0.2, -0.15) is 10.4 Å². The van der Waals surface area contributed by atoms with Gasteiger partial charge in [0.05, 0.1) is 41.2 Å². The van der Waals surface area contributed by atoms with Gasteiger partial charge in [0.2, 0.25) is 0 Å². The summed E-state index contributed by atoms with van der Waals surface area (Å²) in [7, 11) is 2.19. The van der Waals surface area contributed by atoms with Gasteiger partial charge in [0.1, 0.15) is 0 Å². The van der Waals surface area contributed by atoms with Gasteiger partial charge in [0.25, 0.3) is 0 Å². The average molecular weight is 414 g/mol. The Bertz CT molecular complexity index is 1150. The molecule has 7 heteroatoms. The van der Waals surface area contributed by atoms with Crippen LogP contribution in [0, 0.1) is 17.2 Å². The van der Waals surface area contributed by atoms with Crippen LogP contribution < -0.4 is 4.90 Å². The molecule has 0 bridgehead atoms. The van der Waals surface area contributed by atoms with Crippen LogP contribution in [-0.4, -0.2) is 57.4 Å². The van der Waals surface area contributed by atoms with Crippen LogP contribution in [0.25, 0.3) is 22.3 Å². The Morgan fingerprint density at radius 2 is 2.03 bits per heavy atom. The number of aromatic nitrogens is 4. The number of likely N-dealkylation sites (N-methyl/N-ethyl adjacent to an activating group) is 1. The molecular formula is C24H27N7. The Kier molecular flexibility index (Phi) is 5.16. The third-order valence-corrected chi connectivity index (χ3v) is 6.71. The molecule has 0 N–H and O–H groups in total. The van der Waals surface area contributed by atoms with E-state index in [1.165, 1.54) is 5.69 Å². The highest BCUT2D eigenvalue weighted by atomic mass is 15.3. The van der Waals surface area contributed by atoms with E-state index in [1.54, 1.807) is 6.08 Å². The van der Waals surface area contributed by atoms with Gasteiger partial charge in [-0.1, -0.05) is 6.08 Å². The zero-order valence-electron chi connectivity index (χ0n) is 18.0. The van der Waals surface area contributed by atoms with Crippen LogP contribution in [0.5, 0.6) is 0 Å². The molecular weight excluding hydrogens is 386 g/mol. The number of fused-ring (bicyclic) bond motifs is 1. The van der Waals surface area contributed by atoms with Crippen LogP contribution >= 0.6 is 0 Å². The molecule has 1 aliphatic heterocycles. The lowest BCUT2D eigenvalue weighted by molar-refractivity contribution is 0.224. The standard InChI is InChI=1S/C24H27N7/c1-17-15-30(9-8-29(17)2)20-5-6-22-23(12-20)28-24(14-26-22)19-13-27-31(16-19)21-10-18(11-21)4-3-7-25/h3-6,12-14,16-18,21H,8-11,15H2,1-2H3/b4-3+/t17-,18?,21?/m1/s1. The number of piperazine rings is 1. The van der Waals surface area contributed by atoms with Crippen molar-refractivity contribution < 1.29 is 0 Å². The van der Waals surface area contributed by atoms with E-state index >= 15 is 0 Å². The van der Waals surface area contributed by atoms with Crippen molar-refractivity contribution in [2.24, 2.45) is 5.92 Å². The van der Waals surface area contributed by atoms with Crippen molar-refractivity contribution >= 4 is 16.7 Å². The molecule has 1 saturated carbocycles. The van der Waals surface area contributed by atoms with Crippen molar-refractivity contribution in [3.63, 3.8) is 0 Å². The van der Waals surface area contributed by atoms with E-state index in [2.05, 4.69) is 64.3 Å². The summed E-state index contributed by atoms with van der Waals surface area (Å²) in [6.45, 7) is 5.39. The first-order chi connectivity index (χ1) is 15.1. The lowest BCUT2D eigenvalue weighted by Crippen LogP contribution is -2.50. The maximum Gasteiger partial charge on any atom is 0.0924 e. The number of hydrogen-bond acceptors (Lipinski definition) is 6. The minimum absolute atomic E-state index is 0.390. The fourth-order valence-corrected chi connectivity index (χ4v) is 4.47. The van der Waals surface area contributed by atoms with E-state index in [4.69, 9.17) is 10.2 Å². The number of nitriles is 1. The molecule has 0 unspecified atom stereocenters. The van der Waals surface area contributed by atoms with Crippen molar-refractivity contribution in [3.8, 4) is 17.3 Å². The summed E-state index contributed by atoms with van der Waals surface area (Å²) in [5.74, 6) is 0.480. The highest BCUT2D eigenvalue weighted by Crippen LogP contribution is 2.38. The van der Waals surface area contributed by atoms with Crippen LogP contribution in [0.1, 0.15) is 25.8 Å². The quantitative estimate of drug-likeness (QED) is 0.608. The van der Waals surface area contributed by atoms with E-state index < -0.39 is 0 Å². The summed E-state index contributed by atoms with van der Waals surface area (Å²) in [5, 5.41) is 13.2. The van der Waals surface area contributed by atoms with Gasteiger partial charge < -0.3 is 9.80 Å². The molecule has 158 valence electrons. The van der Waals surface area contributed by atoms with Gasteiger partial charge >= 0.3 is 0 Å². The molecule has 0 radical (unpaired) electrons. The first kappa shape index (κ1) is 19.7. The van der Waals surface area contributed by atoms with Gasteiger partial charge in [0.15, 0.2) is 0 Å². The molecule has 1 saturated heterocycles. The minimum Gasteiger partial charge on any atom is -0.369 e. The van der Waals surface area contributed by atoms with Gasteiger partial charge in [0, 0.05) is 49.2 Å². The van der Waals surface area contributed by atoms with E-state index in [0.29, 0.717) is 18.0 Å². The fourth-order valence-electron chi connectivity index (χ4n) is 4.47. The Hall–Kier alpha value is -3.24. The molecule has 7 nitrogen and oxygen atoms in total. The van der Waals surface area contributed by atoms with Crippen LogP contribution in [-0.2, 0) is 0 Å². The van der Waals surface area contributed by atoms with Crippen molar-refractivity contribution in [1.82, 2.24) is 24.6 Å². The van der Waals surface area contributed by atoms with Crippen LogP contribution in [0.15, 0.2) is 48.9 Å². The molecule has 0 spiro atoms. The Morgan fingerprint density at radius 3 is 2.84 bits per heavy atom. The SMILES string of the molecule is C[C@@H]1CN(c2ccc3ncc(-c4cnn(C5CC(/C=C/C#N)C5)c4)nc3c2)CCN1C. The molecule has 3 heterocycles. The lowest BCUT2D eigenvalue weighted by atomic mass is 9.80. The molecule has 0 amide bonds. The van der Waals surface area contributed by atoms with Crippen LogP contribution in [0.2, 0.25) is 0 Å². The lowest BCUT2D eigenvalue weighted by Gasteiger charge is -2.39. The number of rotatable bonds is 4. The first-order valence-electron chi connectivity index (χ1n) is 10.9. The minimum atomic E-state index is 0.390. The summed E-state index contributed by atoms with van der Waals surface area (Å²) in [4.78, 5) is 14.4. The molecule has 2 aromatic heterocycles. The fraction of sp³-hybridized carbons (Fsp3) is 0.417. The largest absolute Gasteiger partial charge is 0.369 e. The summed E-state index contributed by atoms with van der Waals surface area (Å²) in [6.07, 6.45) is 11.4. The van der Waals surface area contributed by atoms with E-state index in [-0.39, 0.29) is 0 Å². The van der Waals surface area contributed by atoms with Gasteiger partial charge in [-0.25, -0.2) is 4.98 Å². The summed E-state index contributed by atoms with van der Waals surface area (Å²) in [5.41, 5.74) is 4.88. The summed E-state index contributed by atoms with van der Waals surface area (Å²) in [6, 6.07) is 9.37. The number of anilines is 1. The van der Waals surface area contributed by atoms with Gasteiger partial charge in [-0.15, -0.1) is 0 Å². The molecule has 1 atom stereocenters. The van der Waals surface area contributed by atoms with Crippen molar-refractivity contribution in [2.45, 2.75) is 31.8 Å². The molecule has 3 aromatic rings. The normalized spacial score (nSPS) is 24.4. The van der Waals surface area contributed by atoms with Crippen molar-refractivity contribution in [1.29, 1.82) is 5.26 Å². The van der Waals surface area contributed by atoms with Crippen LogP contribution in [0.4, 0.5) is 5.69 Å². The molecule has 31 heavy (non-hydrogen) atoms. The predicted molar refractivity (Wildman–Crippen MR) is 122 cm³/mol. The second-order valence-electron chi connectivity index (χ2n) is 8.79. The molecule has 2 aliphatic rings. The average Bonchev–Trinajstić information content (AvgIpc) is 3.23. The Balaban J connectivity index is 1.35. The topological polar surface area (TPSA) is 73.9 Å². The maximum absolute atomic E-state index is 8.66. The Morgan fingerprint density at radius 1 is 1.16 bits per heavy atom. The third-order valence-electron chi connectivity index (χ3n) is 6.71. The highest BCUT2D eigenvalue weighted by Gasteiger charge is 2.29. The zero-order chi connectivity index (χ0) is 21.4. The van der Waals surface area contributed by atoms with Gasteiger partial charge in [-0.3, -0.25) is 9.67 Å². The summed E-state index contributed by atoms with van der Waals surface area (Å²) < 4.78 is 2.03. The molecule has 2 fully saturated rings. The number of hydrogen-bond donors (Lipinski definition) is 0. The summed E-state index contributed by atoms with van der Waals surface area (Å²) >= 11 is 0. The Labute approximate surface area is 182 Å². The van der Waals surface area contributed by atoms with Crippen molar-refractivity contribution in [3.05, 3.63) is 48.9 Å². The monoisotopic (exact) mass is 413 g/mol. The van der Waals surface area contributed by atoms with Crippen molar-refractivity contribution in [2.75, 3.05) is 31.6 Å². The highest BCUT2D eigenvalue weighted by molar-refractivity contribution is 5.81.